The second-order valence-electron chi connectivity index (χ2n) is 8.10. The topological polar surface area (TPSA) is 78.8 Å². The first-order valence-corrected chi connectivity index (χ1v) is 12.2. The van der Waals surface area contributed by atoms with Gasteiger partial charge in [0.2, 0.25) is 15.9 Å². The van der Waals surface area contributed by atoms with Gasteiger partial charge in [-0.1, -0.05) is 19.9 Å². The first-order valence-electron chi connectivity index (χ1n) is 10.7. The monoisotopic (exact) mass is 461 g/mol. The van der Waals surface area contributed by atoms with E-state index < -0.39 is 39.5 Å². The van der Waals surface area contributed by atoms with Crippen LogP contribution in [-0.2, 0) is 14.8 Å². The quantitative estimate of drug-likeness (QED) is 0.654. The molecule has 32 heavy (non-hydrogen) atoms. The zero-order valence-corrected chi connectivity index (χ0v) is 18.7. The van der Waals surface area contributed by atoms with Gasteiger partial charge in [-0.25, -0.2) is 17.2 Å². The molecule has 0 saturated heterocycles. The molecule has 1 aliphatic carbocycles. The largest absolute Gasteiger partial charge is 0.310 e. The Morgan fingerprint density at radius 2 is 1.66 bits per heavy atom. The molecule has 0 spiro atoms. The molecule has 6 nitrogen and oxygen atoms in total. The van der Waals surface area contributed by atoms with Crippen LogP contribution in [-0.4, -0.2) is 43.6 Å². The van der Waals surface area contributed by atoms with Crippen molar-refractivity contribution in [3.63, 3.8) is 0 Å². The van der Waals surface area contributed by atoms with Crippen LogP contribution in [0.15, 0.2) is 52.4 Å². The molecule has 1 saturated carbocycles. The number of hydrogen-bond acceptors (Lipinski definition) is 4. The Bertz CT molecular complexity index is 1160. The van der Waals surface area contributed by atoms with Gasteiger partial charge in [0, 0.05) is 30.6 Å². The van der Waals surface area contributed by atoms with E-state index in [0.29, 0.717) is 24.5 Å². The summed E-state index contributed by atoms with van der Waals surface area (Å²) in [5.74, 6) is -2.24. The highest BCUT2D eigenvalue weighted by Gasteiger charge is 2.59. The van der Waals surface area contributed by atoms with E-state index in [-0.39, 0.29) is 16.4 Å². The summed E-state index contributed by atoms with van der Waals surface area (Å²) in [6.07, 6.45) is 1.44. The van der Waals surface area contributed by atoms with Gasteiger partial charge in [-0.3, -0.25) is 9.79 Å². The third-order valence-electron chi connectivity index (χ3n) is 5.84. The number of carbonyl (C=O) groups excluding carboxylic acids is 1. The summed E-state index contributed by atoms with van der Waals surface area (Å²) >= 11 is 0. The fourth-order valence-corrected chi connectivity index (χ4v) is 5.86. The minimum absolute atomic E-state index is 0.182. The Morgan fingerprint density at radius 3 is 2.25 bits per heavy atom. The summed E-state index contributed by atoms with van der Waals surface area (Å²) in [6, 6.07) is 9.14. The van der Waals surface area contributed by atoms with Crippen LogP contribution in [0.5, 0.6) is 0 Å². The van der Waals surface area contributed by atoms with Crippen molar-refractivity contribution >= 4 is 21.8 Å². The molecule has 2 aromatic carbocycles. The van der Waals surface area contributed by atoms with Crippen molar-refractivity contribution in [2.24, 2.45) is 10.9 Å². The molecule has 0 radical (unpaired) electrons. The summed E-state index contributed by atoms with van der Waals surface area (Å²) in [4.78, 5) is 17.3. The van der Waals surface area contributed by atoms with Crippen LogP contribution in [0.25, 0.3) is 0 Å². The Balaban J connectivity index is 1.57. The van der Waals surface area contributed by atoms with Crippen molar-refractivity contribution in [3.8, 4) is 0 Å². The number of hydrogen-bond donors (Lipinski definition) is 1. The molecule has 2 aliphatic rings. The zero-order chi connectivity index (χ0) is 23.0. The summed E-state index contributed by atoms with van der Waals surface area (Å²) < 4.78 is 54.7. The SMILES string of the molecule is CCCN(CCC)S(=O)(=O)c1ccc(C2=NC3C(C(=O)N2)C3c2ccc(F)cc2F)cc1. The van der Waals surface area contributed by atoms with Crippen LogP contribution in [0.2, 0.25) is 0 Å². The number of rotatable bonds is 8. The highest BCUT2D eigenvalue weighted by Crippen LogP contribution is 2.52. The lowest BCUT2D eigenvalue weighted by Gasteiger charge is -2.21. The lowest BCUT2D eigenvalue weighted by atomic mass is 10.1. The lowest BCUT2D eigenvalue weighted by Crippen LogP contribution is -2.37. The highest BCUT2D eigenvalue weighted by atomic mass is 32.2. The van der Waals surface area contributed by atoms with Crippen molar-refractivity contribution in [2.75, 3.05) is 13.1 Å². The van der Waals surface area contributed by atoms with E-state index in [1.165, 1.54) is 28.6 Å². The van der Waals surface area contributed by atoms with Gasteiger partial charge in [0.05, 0.1) is 16.9 Å². The standard InChI is InChI=1S/C23H25F2N3O3S/c1-3-11-28(12-4-2)32(30,31)16-8-5-14(6-9-16)22-26-21-19(20(21)23(29)27-22)17-10-7-15(24)13-18(17)25/h5-10,13,19-21H,3-4,11-12H2,1-2H3,(H,26,27,29). The second-order valence-corrected chi connectivity index (χ2v) is 10.0. The van der Waals surface area contributed by atoms with Crippen LogP contribution in [0.4, 0.5) is 8.78 Å². The number of halogens is 2. The van der Waals surface area contributed by atoms with Crippen LogP contribution in [0, 0.1) is 17.6 Å². The van der Waals surface area contributed by atoms with Gasteiger partial charge >= 0.3 is 0 Å². The van der Waals surface area contributed by atoms with Crippen molar-refractivity contribution in [3.05, 3.63) is 65.2 Å². The molecule has 3 unspecified atom stereocenters. The molecule has 170 valence electrons. The number of amides is 1. The number of amidine groups is 1. The summed E-state index contributed by atoms with van der Waals surface area (Å²) in [7, 11) is -3.61. The Hall–Kier alpha value is -2.65. The molecular weight excluding hydrogens is 436 g/mol. The molecule has 1 aliphatic heterocycles. The number of nitrogens with one attached hydrogen (secondary N) is 1. The van der Waals surface area contributed by atoms with Crippen molar-refractivity contribution in [1.29, 1.82) is 0 Å². The molecule has 3 atom stereocenters. The summed E-state index contributed by atoms with van der Waals surface area (Å²) in [5.41, 5.74) is 0.841. The second kappa shape index (κ2) is 8.71. The van der Waals surface area contributed by atoms with Gasteiger partial charge in [0.1, 0.15) is 17.5 Å². The van der Waals surface area contributed by atoms with E-state index in [1.54, 1.807) is 12.1 Å². The predicted octanol–water partition coefficient (Wildman–Crippen LogP) is 3.43. The molecule has 1 heterocycles. The maximum absolute atomic E-state index is 14.2. The van der Waals surface area contributed by atoms with Gasteiger partial charge in [0.25, 0.3) is 0 Å². The van der Waals surface area contributed by atoms with Gasteiger partial charge in [-0.05, 0) is 48.7 Å². The van der Waals surface area contributed by atoms with Crippen LogP contribution in [0.1, 0.15) is 43.7 Å². The molecule has 1 amide bonds. The van der Waals surface area contributed by atoms with E-state index in [9.17, 15) is 22.0 Å². The fraction of sp³-hybridized carbons (Fsp3) is 0.391. The third kappa shape index (κ3) is 4.06. The van der Waals surface area contributed by atoms with E-state index in [2.05, 4.69) is 10.3 Å². The van der Waals surface area contributed by atoms with Gasteiger partial charge in [0.15, 0.2) is 0 Å². The molecule has 4 rings (SSSR count). The molecular formula is C23H25F2N3O3S. The Labute approximate surface area is 186 Å². The Kier molecular flexibility index (Phi) is 6.13. The third-order valence-corrected chi connectivity index (χ3v) is 7.75. The van der Waals surface area contributed by atoms with Crippen molar-refractivity contribution in [1.82, 2.24) is 9.62 Å². The van der Waals surface area contributed by atoms with Crippen molar-refractivity contribution < 1.29 is 22.0 Å². The van der Waals surface area contributed by atoms with E-state index in [1.807, 2.05) is 13.8 Å². The average molecular weight is 462 g/mol. The van der Waals surface area contributed by atoms with Crippen molar-refractivity contribution in [2.45, 2.75) is 43.5 Å². The number of fused-ring (bicyclic) bond motifs is 1. The van der Waals surface area contributed by atoms with E-state index in [0.717, 1.165) is 18.9 Å². The maximum atomic E-state index is 14.2. The number of aliphatic imine (C=N–C) groups is 1. The average Bonchev–Trinajstić information content (AvgIpc) is 3.48. The Morgan fingerprint density at radius 1 is 1.00 bits per heavy atom. The highest BCUT2D eigenvalue weighted by molar-refractivity contribution is 7.89. The number of nitrogens with zero attached hydrogens (tertiary/aromatic N) is 2. The van der Waals surface area contributed by atoms with Crippen LogP contribution >= 0.6 is 0 Å². The van der Waals surface area contributed by atoms with Crippen LogP contribution < -0.4 is 5.32 Å². The van der Waals surface area contributed by atoms with E-state index in [4.69, 9.17) is 0 Å². The van der Waals surface area contributed by atoms with Crippen LogP contribution in [0.3, 0.4) is 0 Å². The molecule has 1 fully saturated rings. The summed E-state index contributed by atoms with van der Waals surface area (Å²) in [6.45, 7) is 4.76. The van der Waals surface area contributed by atoms with Gasteiger partial charge in [-0.15, -0.1) is 0 Å². The minimum atomic E-state index is -3.61. The fourth-order valence-electron chi connectivity index (χ4n) is 4.24. The van der Waals surface area contributed by atoms with Gasteiger partial charge < -0.3 is 5.32 Å². The summed E-state index contributed by atoms with van der Waals surface area (Å²) in [5, 5.41) is 2.73. The van der Waals surface area contributed by atoms with E-state index >= 15 is 0 Å². The minimum Gasteiger partial charge on any atom is -0.310 e. The normalized spacial score (nSPS) is 22.3. The molecule has 2 aromatic rings. The molecule has 9 heteroatoms. The molecule has 1 N–H and O–H groups in total. The lowest BCUT2D eigenvalue weighted by molar-refractivity contribution is -0.121. The number of carbonyl (C=O) groups is 1. The first-order chi connectivity index (χ1) is 15.3. The maximum Gasteiger partial charge on any atom is 0.243 e. The zero-order valence-electron chi connectivity index (χ0n) is 17.9. The van der Waals surface area contributed by atoms with Gasteiger partial charge in [-0.2, -0.15) is 4.31 Å². The number of benzene rings is 2. The predicted molar refractivity (Wildman–Crippen MR) is 117 cm³/mol. The first kappa shape index (κ1) is 22.5. The smallest absolute Gasteiger partial charge is 0.243 e. The molecule has 0 bridgehead atoms. The molecule has 0 aromatic heterocycles. The number of sulfonamides is 1.